The van der Waals surface area contributed by atoms with Crippen LogP contribution in [0.15, 0.2) is 0 Å². The Bertz CT molecular complexity index is 87.9. The van der Waals surface area contributed by atoms with Gasteiger partial charge in [-0.3, -0.25) is 9.32 Å². The van der Waals surface area contributed by atoms with E-state index in [-0.39, 0.29) is 6.47 Å². The molecule has 0 bridgehead atoms. The van der Waals surface area contributed by atoms with E-state index in [0.717, 1.165) is 0 Å². The Kier molecular flexibility index (Phi) is 4.53. The lowest BCUT2D eigenvalue weighted by Crippen LogP contribution is -2.16. The summed E-state index contributed by atoms with van der Waals surface area (Å²) in [5.74, 6) is 0. The topological polar surface area (TPSA) is 81.8 Å². The predicted molar refractivity (Wildman–Crippen MR) is 31.0 cm³/mol. The third kappa shape index (κ3) is 5.65. The van der Waals surface area contributed by atoms with Gasteiger partial charge in [-0.15, -0.1) is 0 Å². The van der Waals surface area contributed by atoms with Crippen molar-refractivity contribution in [3.05, 3.63) is 0 Å². The van der Waals surface area contributed by atoms with E-state index >= 15 is 0 Å². The predicted octanol–water partition coefficient (Wildman–Crippen LogP) is -0.300. The van der Waals surface area contributed by atoms with E-state index in [2.05, 4.69) is 9.05 Å². The summed E-state index contributed by atoms with van der Waals surface area (Å²) in [6.45, 7) is 1.62. The Morgan fingerprint density at radius 2 is 2.44 bits per heavy atom. The average molecular weight is 153 g/mol. The lowest BCUT2D eigenvalue weighted by Gasteiger charge is -2.08. The van der Waals surface area contributed by atoms with Gasteiger partial charge in [0.05, 0.1) is 0 Å². The van der Waals surface area contributed by atoms with Gasteiger partial charge in [-0.1, -0.05) is 0 Å². The van der Waals surface area contributed by atoms with Crippen LogP contribution in [0.2, 0.25) is 0 Å². The first-order valence-electron chi connectivity index (χ1n) is 2.18. The summed E-state index contributed by atoms with van der Waals surface area (Å²) in [6, 6.07) is 0. The van der Waals surface area contributed by atoms with Crippen molar-refractivity contribution in [2.24, 2.45) is 5.73 Å². The van der Waals surface area contributed by atoms with Crippen LogP contribution >= 0.6 is 8.60 Å². The fraction of sp³-hybridized carbons (Fsp3) is 0.667. The van der Waals surface area contributed by atoms with Crippen LogP contribution in [0.1, 0.15) is 6.92 Å². The van der Waals surface area contributed by atoms with Crippen molar-refractivity contribution >= 4 is 15.1 Å². The van der Waals surface area contributed by atoms with E-state index in [4.69, 9.17) is 10.6 Å². The zero-order chi connectivity index (χ0) is 7.28. The molecule has 0 aliphatic carbocycles. The standard InChI is InChI=1S/C3H8NO4P/c1-3(4)8-9(6)7-2-5/h2-3,6H,4H2,1H3. The fourth-order valence-corrected chi connectivity index (χ4v) is 0.612. The highest BCUT2D eigenvalue weighted by atomic mass is 31.2. The Morgan fingerprint density at radius 1 is 1.89 bits per heavy atom. The molecule has 0 aromatic heterocycles. The van der Waals surface area contributed by atoms with E-state index < -0.39 is 14.8 Å². The first-order valence-corrected chi connectivity index (χ1v) is 3.31. The maximum Gasteiger partial charge on any atom is 0.398 e. The lowest BCUT2D eigenvalue weighted by atomic mass is 10.7. The maximum atomic E-state index is 9.51. The van der Waals surface area contributed by atoms with Crippen molar-refractivity contribution < 1.29 is 18.7 Å². The minimum atomic E-state index is -2.11. The maximum absolute atomic E-state index is 9.51. The van der Waals surface area contributed by atoms with E-state index in [1.807, 2.05) is 0 Å². The summed E-state index contributed by atoms with van der Waals surface area (Å²) in [6.07, 6.45) is -0.624. The van der Waals surface area contributed by atoms with Crippen LogP contribution in [0.3, 0.4) is 0 Å². The van der Waals surface area contributed by atoms with Crippen molar-refractivity contribution in [3.8, 4) is 0 Å². The summed E-state index contributed by atoms with van der Waals surface area (Å²) in [5, 5.41) is 0. The molecule has 0 aromatic carbocycles. The van der Waals surface area contributed by atoms with E-state index in [1.54, 1.807) is 0 Å². The second kappa shape index (κ2) is 4.64. The Balaban J connectivity index is 3.25. The molecule has 0 aliphatic heterocycles. The second-order valence-corrected chi connectivity index (χ2v) is 2.15. The number of rotatable bonds is 4. The smallest absolute Gasteiger partial charge is 0.397 e. The van der Waals surface area contributed by atoms with E-state index in [1.165, 1.54) is 6.92 Å². The van der Waals surface area contributed by atoms with Crippen LogP contribution in [0.5, 0.6) is 0 Å². The van der Waals surface area contributed by atoms with Crippen LogP contribution < -0.4 is 5.73 Å². The summed E-state index contributed by atoms with van der Waals surface area (Å²) < 4.78 is 8.43. The first kappa shape index (κ1) is 8.78. The number of carbonyl (C=O) groups is 1. The van der Waals surface area contributed by atoms with Crippen molar-refractivity contribution in [2.45, 2.75) is 13.2 Å². The van der Waals surface area contributed by atoms with Crippen molar-refractivity contribution in [1.82, 2.24) is 0 Å². The summed E-state index contributed by atoms with van der Waals surface area (Å²) in [7, 11) is -2.11. The van der Waals surface area contributed by atoms with Gasteiger partial charge in [-0.2, -0.15) is 0 Å². The van der Waals surface area contributed by atoms with Gasteiger partial charge in [0, 0.05) is 0 Å². The van der Waals surface area contributed by atoms with Crippen molar-refractivity contribution in [3.63, 3.8) is 0 Å². The van der Waals surface area contributed by atoms with Crippen LogP contribution in [0.4, 0.5) is 0 Å². The Labute approximate surface area is 53.8 Å². The molecule has 0 radical (unpaired) electrons. The molecule has 0 aromatic rings. The third-order valence-electron chi connectivity index (χ3n) is 0.390. The minimum absolute atomic E-state index is 0.105. The summed E-state index contributed by atoms with van der Waals surface area (Å²) >= 11 is 0. The van der Waals surface area contributed by atoms with Gasteiger partial charge in [-0.25, -0.2) is 0 Å². The van der Waals surface area contributed by atoms with Gasteiger partial charge in [0.2, 0.25) is 0 Å². The highest BCUT2D eigenvalue weighted by Crippen LogP contribution is 2.31. The SMILES string of the molecule is CC(N)OP(O)OC=O. The van der Waals surface area contributed by atoms with Gasteiger partial charge < -0.3 is 15.2 Å². The molecule has 0 spiro atoms. The highest BCUT2D eigenvalue weighted by molar-refractivity contribution is 7.41. The molecule has 0 fully saturated rings. The molecule has 0 saturated carbocycles. The van der Waals surface area contributed by atoms with Gasteiger partial charge >= 0.3 is 8.60 Å². The van der Waals surface area contributed by atoms with Gasteiger partial charge in [0.1, 0.15) is 6.23 Å². The number of carbonyl (C=O) groups excluding carboxylic acids is 1. The monoisotopic (exact) mass is 153 g/mol. The lowest BCUT2D eigenvalue weighted by molar-refractivity contribution is -0.121. The van der Waals surface area contributed by atoms with Gasteiger partial charge in [0.15, 0.2) is 0 Å². The summed E-state index contributed by atoms with van der Waals surface area (Å²) in [5.41, 5.74) is 5.06. The van der Waals surface area contributed by atoms with Crippen LogP contribution in [-0.2, 0) is 13.8 Å². The largest absolute Gasteiger partial charge is 0.398 e. The Morgan fingerprint density at radius 3 is 2.78 bits per heavy atom. The van der Waals surface area contributed by atoms with Crippen LogP contribution in [0.25, 0.3) is 0 Å². The molecule has 2 atom stereocenters. The average Bonchev–Trinajstić information content (AvgIpc) is 1.63. The van der Waals surface area contributed by atoms with Crippen LogP contribution in [-0.4, -0.2) is 17.6 Å². The number of nitrogens with two attached hydrogens (primary N) is 1. The van der Waals surface area contributed by atoms with Crippen molar-refractivity contribution in [1.29, 1.82) is 0 Å². The molecular weight excluding hydrogens is 145 g/mol. The number of hydrogen-bond acceptors (Lipinski definition) is 5. The molecule has 0 aliphatic rings. The molecule has 2 unspecified atom stereocenters. The van der Waals surface area contributed by atoms with Crippen LogP contribution in [0, 0.1) is 0 Å². The molecule has 0 amide bonds. The van der Waals surface area contributed by atoms with Gasteiger partial charge in [-0.05, 0) is 6.92 Å². The zero-order valence-electron chi connectivity index (χ0n) is 4.85. The van der Waals surface area contributed by atoms with Gasteiger partial charge in [0.25, 0.3) is 6.47 Å². The zero-order valence-corrected chi connectivity index (χ0v) is 5.75. The molecule has 5 nitrogen and oxygen atoms in total. The minimum Gasteiger partial charge on any atom is -0.397 e. The van der Waals surface area contributed by atoms with E-state index in [9.17, 15) is 4.79 Å². The quantitative estimate of drug-likeness (QED) is 0.329. The highest BCUT2D eigenvalue weighted by Gasteiger charge is 2.08. The summed E-state index contributed by atoms with van der Waals surface area (Å²) in [4.78, 5) is 18.0. The third-order valence-corrected chi connectivity index (χ3v) is 1.17. The fourth-order valence-electron chi connectivity index (χ4n) is 0.204. The molecule has 3 N–H and O–H groups in total. The first-order chi connectivity index (χ1) is 4.16. The van der Waals surface area contributed by atoms with Crippen molar-refractivity contribution in [2.75, 3.05) is 0 Å². The molecule has 0 saturated heterocycles. The molecule has 0 heterocycles. The normalized spacial score (nSPS) is 16.3. The molecule has 54 valence electrons. The molecule has 0 rings (SSSR count). The Hall–Kier alpha value is -0.220. The molecule has 9 heavy (non-hydrogen) atoms. The molecular formula is C3H8NO4P. The van der Waals surface area contributed by atoms with E-state index in [0.29, 0.717) is 0 Å². The second-order valence-electron chi connectivity index (χ2n) is 1.25. The number of hydrogen-bond donors (Lipinski definition) is 2. The molecule has 6 heteroatoms.